The molecule has 1 amide bonds. The molecule has 1 aliphatic rings. The Bertz CT molecular complexity index is 676. The summed E-state index contributed by atoms with van der Waals surface area (Å²) in [7, 11) is 0. The second-order valence-electron chi connectivity index (χ2n) is 6.63. The van der Waals surface area contributed by atoms with Gasteiger partial charge in [-0.25, -0.2) is 4.98 Å². The van der Waals surface area contributed by atoms with E-state index in [0.29, 0.717) is 18.7 Å². The molecule has 1 fully saturated rings. The predicted octanol–water partition coefficient (Wildman–Crippen LogP) is 2.92. The summed E-state index contributed by atoms with van der Waals surface area (Å²) in [5, 5.41) is 6.35. The van der Waals surface area contributed by atoms with Crippen LogP contribution in [0.5, 0.6) is 0 Å². The number of piperazine rings is 1. The molecule has 1 aromatic heterocycles. The molecule has 0 saturated carbocycles. The van der Waals surface area contributed by atoms with Crippen LogP contribution in [0, 0.1) is 0 Å². The maximum absolute atomic E-state index is 11.9. The van der Waals surface area contributed by atoms with Gasteiger partial charge in [-0.1, -0.05) is 30.3 Å². The van der Waals surface area contributed by atoms with E-state index in [9.17, 15) is 4.79 Å². The quantitative estimate of drug-likeness (QED) is 0.600. The summed E-state index contributed by atoms with van der Waals surface area (Å²) in [6, 6.07) is 9.92. The summed E-state index contributed by atoms with van der Waals surface area (Å²) in [6.07, 6.45) is 4.70. The standard InChI is InChI=1S/C20H28N4O2.2ClH/c25-19(22-10-5-13-24-14-11-21-12-15-24)8-4-9-20-23-16-18(26-20)17-6-2-1-3-7-17;;/h1-3,6-7,16,21H,4-5,8-15H2,(H,22,25);2*1H. The Balaban J connectivity index is 0.00000196. The molecular formula is C20H30Cl2N4O2. The molecule has 28 heavy (non-hydrogen) atoms. The largest absolute Gasteiger partial charge is 0.441 e. The average Bonchev–Trinajstić information content (AvgIpc) is 3.16. The molecule has 0 atom stereocenters. The zero-order chi connectivity index (χ0) is 18.0. The van der Waals surface area contributed by atoms with Crippen molar-refractivity contribution in [1.82, 2.24) is 20.5 Å². The first kappa shape index (κ1) is 24.4. The van der Waals surface area contributed by atoms with E-state index in [0.717, 1.165) is 63.4 Å². The number of aryl methyl sites for hydroxylation is 1. The zero-order valence-electron chi connectivity index (χ0n) is 16.1. The lowest BCUT2D eigenvalue weighted by molar-refractivity contribution is -0.121. The number of amides is 1. The molecule has 2 heterocycles. The van der Waals surface area contributed by atoms with Crippen molar-refractivity contribution in [3.05, 3.63) is 42.4 Å². The van der Waals surface area contributed by atoms with Gasteiger partial charge in [0.15, 0.2) is 11.7 Å². The van der Waals surface area contributed by atoms with Crippen molar-refractivity contribution in [2.24, 2.45) is 0 Å². The van der Waals surface area contributed by atoms with E-state index in [1.807, 2.05) is 30.3 Å². The number of carbonyl (C=O) groups excluding carboxylic acids is 1. The fraction of sp³-hybridized carbons (Fsp3) is 0.500. The molecular weight excluding hydrogens is 399 g/mol. The number of nitrogens with zero attached hydrogens (tertiary/aromatic N) is 2. The molecule has 0 spiro atoms. The normalized spacial score (nSPS) is 14.0. The molecule has 1 aliphatic heterocycles. The molecule has 8 heteroatoms. The highest BCUT2D eigenvalue weighted by atomic mass is 35.5. The Labute approximate surface area is 179 Å². The number of hydrogen-bond acceptors (Lipinski definition) is 5. The van der Waals surface area contributed by atoms with Gasteiger partial charge in [-0.05, 0) is 19.4 Å². The molecule has 0 aliphatic carbocycles. The van der Waals surface area contributed by atoms with Gasteiger partial charge in [-0.2, -0.15) is 0 Å². The van der Waals surface area contributed by atoms with Crippen LogP contribution in [0.15, 0.2) is 40.9 Å². The summed E-state index contributed by atoms with van der Waals surface area (Å²) in [6.45, 7) is 6.16. The Morgan fingerprint density at radius 2 is 1.89 bits per heavy atom. The van der Waals surface area contributed by atoms with E-state index in [1.165, 1.54) is 0 Å². The first-order valence-corrected chi connectivity index (χ1v) is 9.51. The first-order chi connectivity index (χ1) is 12.8. The second-order valence-corrected chi connectivity index (χ2v) is 6.63. The summed E-state index contributed by atoms with van der Waals surface area (Å²) >= 11 is 0. The average molecular weight is 429 g/mol. The van der Waals surface area contributed by atoms with Gasteiger partial charge in [0.25, 0.3) is 0 Å². The molecule has 3 rings (SSSR count). The van der Waals surface area contributed by atoms with E-state index < -0.39 is 0 Å². The lowest BCUT2D eigenvalue weighted by atomic mass is 10.2. The number of hydrogen-bond donors (Lipinski definition) is 2. The van der Waals surface area contributed by atoms with Crippen molar-refractivity contribution < 1.29 is 9.21 Å². The Morgan fingerprint density at radius 3 is 2.64 bits per heavy atom. The molecule has 0 bridgehead atoms. The molecule has 1 saturated heterocycles. The predicted molar refractivity (Wildman–Crippen MR) is 116 cm³/mol. The molecule has 6 nitrogen and oxygen atoms in total. The van der Waals surface area contributed by atoms with Gasteiger partial charge in [0, 0.05) is 51.1 Å². The van der Waals surface area contributed by atoms with Gasteiger partial charge in [-0.15, -0.1) is 24.8 Å². The third-order valence-corrected chi connectivity index (χ3v) is 4.59. The smallest absolute Gasteiger partial charge is 0.220 e. The maximum Gasteiger partial charge on any atom is 0.220 e. The maximum atomic E-state index is 11.9. The van der Waals surface area contributed by atoms with E-state index in [2.05, 4.69) is 20.5 Å². The SMILES string of the molecule is Cl.Cl.O=C(CCCc1ncc(-c2ccccc2)o1)NCCCN1CCNCC1. The van der Waals surface area contributed by atoms with Gasteiger partial charge >= 0.3 is 0 Å². The number of aromatic nitrogens is 1. The van der Waals surface area contributed by atoms with Crippen molar-refractivity contribution in [2.45, 2.75) is 25.7 Å². The van der Waals surface area contributed by atoms with Crippen molar-refractivity contribution in [2.75, 3.05) is 39.3 Å². The van der Waals surface area contributed by atoms with Gasteiger partial charge < -0.3 is 20.0 Å². The van der Waals surface area contributed by atoms with Crippen LogP contribution in [-0.4, -0.2) is 55.1 Å². The number of carbonyl (C=O) groups is 1. The summed E-state index contributed by atoms with van der Waals surface area (Å²) in [4.78, 5) is 18.7. The van der Waals surface area contributed by atoms with E-state index in [4.69, 9.17) is 4.42 Å². The lowest BCUT2D eigenvalue weighted by Gasteiger charge is -2.27. The van der Waals surface area contributed by atoms with Crippen LogP contribution < -0.4 is 10.6 Å². The van der Waals surface area contributed by atoms with Crippen LogP contribution in [0.4, 0.5) is 0 Å². The van der Waals surface area contributed by atoms with E-state index >= 15 is 0 Å². The Kier molecular flexibility index (Phi) is 11.8. The minimum Gasteiger partial charge on any atom is -0.441 e. The van der Waals surface area contributed by atoms with Crippen LogP contribution in [0.2, 0.25) is 0 Å². The van der Waals surface area contributed by atoms with Crippen LogP contribution in [-0.2, 0) is 11.2 Å². The van der Waals surface area contributed by atoms with E-state index in [-0.39, 0.29) is 30.7 Å². The first-order valence-electron chi connectivity index (χ1n) is 9.51. The topological polar surface area (TPSA) is 70.4 Å². The van der Waals surface area contributed by atoms with Crippen LogP contribution in [0.1, 0.15) is 25.2 Å². The van der Waals surface area contributed by atoms with Crippen LogP contribution in [0.3, 0.4) is 0 Å². The highest BCUT2D eigenvalue weighted by molar-refractivity contribution is 5.85. The monoisotopic (exact) mass is 428 g/mol. The molecule has 156 valence electrons. The Hall–Kier alpha value is -1.60. The fourth-order valence-electron chi connectivity index (χ4n) is 3.12. The summed E-state index contributed by atoms with van der Waals surface area (Å²) < 4.78 is 5.76. The third-order valence-electron chi connectivity index (χ3n) is 4.59. The number of halogens is 2. The molecule has 0 unspecified atom stereocenters. The molecule has 1 aromatic carbocycles. The van der Waals surface area contributed by atoms with Gasteiger partial charge in [0.05, 0.1) is 6.20 Å². The number of oxazole rings is 1. The van der Waals surface area contributed by atoms with Crippen LogP contribution >= 0.6 is 24.8 Å². The van der Waals surface area contributed by atoms with Gasteiger partial charge in [0.2, 0.25) is 5.91 Å². The lowest BCUT2D eigenvalue weighted by Crippen LogP contribution is -2.44. The fourth-order valence-corrected chi connectivity index (χ4v) is 3.12. The summed E-state index contributed by atoms with van der Waals surface area (Å²) in [5.41, 5.74) is 1.02. The number of benzene rings is 1. The highest BCUT2D eigenvalue weighted by Crippen LogP contribution is 2.20. The highest BCUT2D eigenvalue weighted by Gasteiger charge is 2.10. The Morgan fingerprint density at radius 1 is 1.14 bits per heavy atom. The van der Waals surface area contributed by atoms with E-state index in [1.54, 1.807) is 6.20 Å². The van der Waals surface area contributed by atoms with Crippen molar-refractivity contribution in [1.29, 1.82) is 0 Å². The van der Waals surface area contributed by atoms with Gasteiger partial charge in [0.1, 0.15) is 0 Å². The van der Waals surface area contributed by atoms with Crippen LogP contribution in [0.25, 0.3) is 11.3 Å². The van der Waals surface area contributed by atoms with Crippen molar-refractivity contribution in [3.8, 4) is 11.3 Å². The minimum atomic E-state index is 0. The molecule has 0 radical (unpaired) electrons. The molecule has 2 aromatic rings. The third kappa shape index (κ3) is 8.19. The second kappa shape index (κ2) is 13.6. The van der Waals surface area contributed by atoms with Gasteiger partial charge in [-0.3, -0.25) is 4.79 Å². The van der Waals surface area contributed by atoms with Crippen molar-refractivity contribution >= 4 is 30.7 Å². The number of nitrogens with one attached hydrogen (secondary N) is 2. The minimum absolute atomic E-state index is 0. The zero-order valence-corrected chi connectivity index (χ0v) is 17.7. The number of rotatable bonds is 9. The summed E-state index contributed by atoms with van der Waals surface area (Å²) in [5.74, 6) is 1.58. The van der Waals surface area contributed by atoms with Crippen molar-refractivity contribution in [3.63, 3.8) is 0 Å². The molecule has 2 N–H and O–H groups in total.